The summed E-state index contributed by atoms with van der Waals surface area (Å²) in [6, 6.07) is 14.2. The normalized spacial score (nSPS) is 16.2. The molecule has 1 N–H and O–H groups in total. The van der Waals surface area contributed by atoms with Gasteiger partial charge < -0.3 is 24.0 Å². The van der Waals surface area contributed by atoms with E-state index in [1.807, 2.05) is 24.3 Å². The highest BCUT2D eigenvalue weighted by molar-refractivity contribution is 5.78. The molecule has 0 aliphatic carbocycles. The van der Waals surface area contributed by atoms with Crippen LogP contribution in [-0.2, 0) is 11.4 Å². The van der Waals surface area contributed by atoms with Crippen LogP contribution in [0.25, 0.3) is 11.4 Å². The summed E-state index contributed by atoms with van der Waals surface area (Å²) >= 11 is 0. The van der Waals surface area contributed by atoms with Crippen molar-refractivity contribution in [1.29, 1.82) is 0 Å². The molecule has 0 spiro atoms. The average molecular weight is 423 g/mol. The summed E-state index contributed by atoms with van der Waals surface area (Å²) in [5.41, 5.74) is 1.61. The maximum atomic E-state index is 12.9. The van der Waals surface area contributed by atoms with E-state index >= 15 is 0 Å². The topological polar surface area (TPSA) is 97.9 Å². The van der Waals surface area contributed by atoms with Crippen molar-refractivity contribution in [1.82, 2.24) is 15.0 Å². The van der Waals surface area contributed by atoms with Gasteiger partial charge in [-0.2, -0.15) is 4.98 Å². The van der Waals surface area contributed by atoms with Crippen molar-refractivity contribution in [3.05, 3.63) is 60.0 Å². The standard InChI is InChI=1S/C23H25N3O5/c1-29-18-11-7-17(8-12-18)22-24-23(31-25-22)20-4-2-3-13-26(20)21(28)15-30-19-9-5-16(14-27)6-10-19/h5-12,20,27H,2-4,13-15H2,1H3. The van der Waals surface area contributed by atoms with E-state index in [0.29, 0.717) is 24.0 Å². The number of aliphatic hydroxyl groups excluding tert-OH is 1. The Balaban J connectivity index is 1.44. The molecule has 8 heteroatoms. The molecule has 1 atom stereocenters. The number of aromatic nitrogens is 2. The second-order valence-electron chi connectivity index (χ2n) is 7.37. The van der Waals surface area contributed by atoms with Crippen LogP contribution in [0, 0.1) is 0 Å². The van der Waals surface area contributed by atoms with Gasteiger partial charge in [-0.05, 0) is 61.2 Å². The van der Waals surface area contributed by atoms with Crippen molar-refractivity contribution in [2.75, 3.05) is 20.3 Å². The van der Waals surface area contributed by atoms with Crippen molar-refractivity contribution >= 4 is 5.91 Å². The Morgan fingerprint density at radius 2 is 1.87 bits per heavy atom. The maximum absolute atomic E-state index is 12.9. The summed E-state index contributed by atoms with van der Waals surface area (Å²) in [7, 11) is 1.62. The Hall–Kier alpha value is -3.39. The monoisotopic (exact) mass is 423 g/mol. The molecule has 31 heavy (non-hydrogen) atoms. The van der Waals surface area contributed by atoms with E-state index < -0.39 is 0 Å². The zero-order valence-corrected chi connectivity index (χ0v) is 17.4. The Morgan fingerprint density at radius 1 is 1.13 bits per heavy atom. The minimum atomic E-state index is -0.263. The average Bonchev–Trinajstić information content (AvgIpc) is 3.33. The fourth-order valence-corrected chi connectivity index (χ4v) is 3.63. The summed E-state index contributed by atoms with van der Waals surface area (Å²) in [6.07, 6.45) is 2.67. The van der Waals surface area contributed by atoms with Gasteiger partial charge in [-0.25, -0.2) is 0 Å². The fraction of sp³-hybridized carbons (Fsp3) is 0.348. The number of carbonyl (C=O) groups is 1. The summed E-state index contributed by atoms with van der Waals surface area (Å²) in [5.74, 6) is 2.13. The van der Waals surface area contributed by atoms with Gasteiger partial charge in [0.25, 0.3) is 5.91 Å². The number of piperidine rings is 1. The number of hydrogen-bond donors (Lipinski definition) is 1. The van der Waals surface area contributed by atoms with Crippen LogP contribution in [0.15, 0.2) is 53.1 Å². The molecular formula is C23H25N3O5. The predicted octanol–water partition coefficient (Wildman–Crippen LogP) is 3.37. The minimum absolute atomic E-state index is 0.0304. The van der Waals surface area contributed by atoms with Crippen LogP contribution in [0.5, 0.6) is 11.5 Å². The second-order valence-corrected chi connectivity index (χ2v) is 7.37. The number of likely N-dealkylation sites (tertiary alicyclic amines) is 1. The van der Waals surface area contributed by atoms with E-state index in [-0.39, 0.29) is 25.2 Å². The zero-order chi connectivity index (χ0) is 21.6. The molecule has 8 nitrogen and oxygen atoms in total. The van der Waals surface area contributed by atoms with Gasteiger partial charge in [0.15, 0.2) is 6.61 Å². The van der Waals surface area contributed by atoms with Crippen LogP contribution in [0.1, 0.15) is 36.8 Å². The SMILES string of the molecule is COc1ccc(-c2noc(C3CCCCN3C(=O)COc3ccc(CO)cc3)n2)cc1. The molecular weight excluding hydrogens is 398 g/mol. The van der Waals surface area contributed by atoms with Gasteiger partial charge in [0.05, 0.1) is 13.7 Å². The molecule has 3 aromatic rings. The van der Waals surface area contributed by atoms with Gasteiger partial charge in [0, 0.05) is 12.1 Å². The molecule has 1 aliphatic heterocycles. The third-order valence-corrected chi connectivity index (χ3v) is 5.37. The van der Waals surface area contributed by atoms with Crippen LogP contribution >= 0.6 is 0 Å². The van der Waals surface area contributed by atoms with Crippen LogP contribution in [0.2, 0.25) is 0 Å². The third-order valence-electron chi connectivity index (χ3n) is 5.37. The summed E-state index contributed by atoms with van der Waals surface area (Å²) < 4.78 is 16.4. The lowest BCUT2D eigenvalue weighted by Gasteiger charge is -2.33. The molecule has 1 saturated heterocycles. The molecule has 0 radical (unpaired) electrons. The first-order valence-electron chi connectivity index (χ1n) is 10.3. The van der Waals surface area contributed by atoms with E-state index in [9.17, 15) is 4.79 Å². The van der Waals surface area contributed by atoms with Crippen molar-refractivity contribution in [2.45, 2.75) is 31.9 Å². The van der Waals surface area contributed by atoms with Gasteiger partial charge in [-0.3, -0.25) is 4.79 Å². The zero-order valence-electron chi connectivity index (χ0n) is 17.4. The van der Waals surface area contributed by atoms with Gasteiger partial charge in [-0.15, -0.1) is 0 Å². The van der Waals surface area contributed by atoms with E-state index in [0.717, 1.165) is 36.1 Å². The van der Waals surface area contributed by atoms with Crippen LogP contribution in [0.3, 0.4) is 0 Å². The Bertz CT molecular complexity index is 1000. The molecule has 162 valence electrons. The Labute approximate surface area is 180 Å². The molecule has 2 aromatic carbocycles. The minimum Gasteiger partial charge on any atom is -0.497 e. The molecule has 0 saturated carbocycles. The van der Waals surface area contributed by atoms with Crippen LogP contribution in [0.4, 0.5) is 0 Å². The summed E-state index contributed by atoms with van der Waals surface area (Å²) in [6.45, 7) is 0.516. The second kappa shape index (κ2) is 9.61. The quantitative estimate of drug-likeness (QED) is 0.622. The third kappa shape index (κ3) is 4.86. The number of rotatable bonds is 7. The molecule has 2 heterocycles. The maximum Gasteiger partial charge on any atom is 0.261 e. The molecule has 4 rings (SSSR count). The van der Waals surface area contributed by atoms with Crippen molar-refractivity contribution in [3.63, 3.8) is 0 Å². The lowest BCUT2D eigenvalue weighted by atomic mass is 10.0. The van der Waals surface area contributed by atoms with Gasteiger partial charge in [0.2, 0.25) is 11.7 Å². The Morgan fingerprint density at radius 3 is 2.58 bits per heavy atom. The number of aliphatic hydroxyl groups is 1. The number of nitrogens with zero attached hydrogens (tertiary/aromatic N) is 3. The molecule has 1 aromatic heterocycles. The first-order chi connectivity index (χ1) is 15.2. The van der Waals surface area contributed by atoms with Crippen molar-refractivity contribution < 1.29 is 23.9 Å². The first kappa shape index (κ1) is 20.9. The molecule has 1 aliphatic rings. The van der Waals surface area contributed by atoms with Crippen molar-refractivity contribution in [3.8, 4) is 22.9 Å². The van der Waals surface area contributed by atoms with E-state index in [2.05, 4.69) is 10.1 Å². The van der Waals surface area contributed by atoms with Crippen molar-refractivity contribution in [2.24, 2.45) is 0 Å². The number of amides is 1. The Kier molecular flexibility index (Phi) is 6.47. The molecule has 0 bridgehead atoms. The number of ether oxygens (including phenoxy) is 2. The summed E-state index contributed by atoms with van der Waals surface area (Å²) in [4.78, 5) is 19.2. The van der Waals surface area contributed by atoms with Gasteiger partial charge in [0.1, 0.15) is 17.5 Å². The summed E-state index contributed by atoms with van der Waals surface area (Å²) in [5, 5.41) is 13.2. The number of carbonyl (C=O) groups excluding carboxylic acids is 1. The molecule has 1 fully saturated rings. The van der Waals surface area contributed by atoms with E-state index in [1.165, 1.54) is 0 Å². The number of methoxy groups -OCH3 is 1. The van der Waals surface area contributed by atoms with Crippen LogP contribution in [-0.4, -0.2) is 46.3 Å². The molecule has 1 unspecified atom stereocenters. The van der Waals surface area contributed by atoms with E-state index in [1.54, 1.807) is 36.3 Å². The lowest BCUT2D eigenvalue weighted by Crippen LogP contribution is -2.41. The van der Waals surface area contributed by atoms with E-state index in [4.69, 9.17) is 19.1 Å². The van der Waals surface area contributed by atoms with Crippen LogP contribution < -0.4 is 9.47 Å². The fourth-order valence-electron chi connectivity index (χ4n) is 3.63. The highest BCUT2D eigenvalue weighted by atomic mass is 16.5. The van der Waals surface area contributed by atoms with Gasteiger partial charge >= 0.3 is 0 Å². The highest BCUT2D eigenvalue weighted by Crippen LogP contribution is 2.31. The van der Waals surface area contributed by atoms with Gasteiger partial charge in [-0.1, -0.05) is 17.3 Å². The number of hydrogen-bond acceptors (Lipinski definition) is 7. The first-order valence-corrected chi connectivity index (χ1v) is 10.3. The molecule has 1 amide bonds. The largest absolute Gasteiger partial charge is 0.497 e. The highest BCUT2D eigenvalue weighted by Gasteiger charge is 2.32. The lowest BCUT2D eigenvalue weighted by molar-refractivity contribution is -0.138. The number of benzene rings is 2. The smallest absolute Gasteiger partial charge is 0.261 e. The predicted molar refractivity (Wildman–Crippen MR) is 112 cm³/mol.